The monoisotopic (exact) mass is 504 g/mol. The van der Waals surface area contributed by atoms with E-state index in [1.807, 2.05) is 0 Å². The Morgan fingerprint density at radius 1 is 1.06 bits per heavy atom. The summed E-state index contributed by atoms with van der Waals surface area (Å²) in [5, 5.41) is 10.5. The second-order valence-corrected chi connectivity index (χ2v) is 9.29. The number of aromatic nitrogens is 1. The van der Waals surface area contributed by atoms with Crippen LogP contribution in [0.5, 0.6) is 5.75 Å². The van der Waals surface area contributed by atoms with Crippen molar-refractivity contribution < 1.29 is 19.1 Å². The molecule has 0 unspecified atom stereocenters. The first-order valence-electron chi connectivity index (χ1n) is 9.70. The molecule has 172 valence electrons. The largest absolute Gasteiger partial charge is 0.495 e. The molecule has 0 saturated carbocycles. The number of hydrogen-bond donors (Lipinski definition) is 3. The first-order chi connectivity index (χ1) is 15.8. The SMILES string of the molecule is COc1ccc(Cl)cc1NC(=O)Cc1csc(SCC(=O)Nc2cccc(NC(C)=O)c2)n1. The number of nitrogens with zero attached hydrogens (tertiary/aromatic N) is 1. The molecule has 2 aromatic carbocycles. The Kier molecular flexibility index (Phi) is 8.70. The minimum atomic E-state index is -0.255. The van der Waals surface area contributed by atoms with Gasteiger partial charge in [0.25, 0.3) is 0 Å². The minimum Gasteiger partial charge on any atom is -0.495 e. The molecule has 0 saturated heterocycles. The fraction of sp³-hybridized carbons (Fsp3) is 0.182. The number of carbonyl (C=O) groups excluding carboxylic acids is 3. The van der Waals surface area contributed by atoms with Gasteiger partial charge in [-0.2, -0.15) is 0 Å². The third kappa shape index (κ3) is 7.77. The Bertz CT molecular complexity index is 1170. The lowest BCUT2D eigenvalue weighted by Gasteiger charge is -2.10. The van der Waals surface area contributed by atoms with Gasteiger partial charge in [-0.15, -0.1) is 11.3 Å². The van der Waals surface area contributed by atoms with Crippen molar-refractivity contribution in [3.8, 4) is 5.75 Å². The van der Waals surface area contributed by atoms with Crippen LogP contribution in [0.3, 0.4) is 0 Å². The predicted molar refractivity (Wildman–Crippen MR) is 133 cm³/mol. The molecule has 3 amide bonds. The molecule has 1 heterocycles. The number of hydrogen-bond acceptors (Lipinski definition) is 7. The number of amides is 3. The molecule has 3 N–H and O–H groups in total. The van der Waals surface area contributed by atoms with Crippen molar-refractivity contribution in [2.24, 2.45) is 0 Å². The van der Waals surface area contributed by atoms with Crippen molar-refractivity contribution in [3.05, 3.63) is 58.6 Å². The van der Waals surface area contributed by atoms with Crippen molar-refractivity contribution in [2.45, 2.75) is 17.7 Å². The van der Waals surface area contributed by atoms with Crippen molar-refractivity contribution in [2.75, 3.05) is 28.8 Å². The van der Waals surface area contributed by atoms with Crippen LogP contribution in [0, 0.1) is 0 Å². The van der Waals surface area contributed by atoms with Crippen molar-refractivity contribution >= 4 is 69.5 Å². The molecule has 1 aromatic heterocycles. The second kappa shape index (κ2) is 11.7. The third-order valence-corrected chi connectivity index (χ3v) is 6.41. The number of methoxy groups -OCH3 is 1. The van der Waals surface area contributed by atoms with E-state index in [0.717, 1.165) is 0 Å². The van der Waals surface area contributed by atoms with Gasteiger partial charge in [0.2, 0.25) is 17.7 Å². The fourth-order valence-corrected chi connectivity index (χ4v) is 4.59. The molecule has 0 bridgehead atoms. The Hall–Kier alpha value is -3.08. The van der Waals surface area contributed by atoms with Gasteiger partial charge in [-0.25, -0.2) is 4.98 Å². The maximum absolute atomic E-state index is 12.4. The molecule has 0 spiro atoms. The molecule has 3 aromatic rings. The van der Waals surface area contributed by atoms with Gasteiger partial charge in [0, 0.05) is 28.7 Å². The second-order valence-electron chi connectivity index (χ2n) is 6.77. The zero-order chi connectivity index (χ0) is 23.8. The number of benzene rings is 2. The first-order valence-corrected chi connectivity index (χ1v) is 11.9. The molecule has 0 aliphatic rings. The summed E-state index contributed by atoms with van der Waals surface area (Å²) in [6.07, 6.45) is 0.0782. The maximum atomic E-state index is 12.4. The molecule has 11 heteroatoms. The van der Waals surface area contributed by atoms with Crippen LogP contribution >= 0.6 is 34.7 Å². The number of thioether (sulfide) groups is 1. The first kappa shape index (κ1) is 24.6. The lowest BCUT2D eigenvalue weighted by Crippen LogP contribution is -2.15. The van der Waals surface area contributed by atoms with Crippen LogP contribution in [0.4, 0.5) is 17.1 Å². The van der Waals surface area contributed by atoms with Crippen LogP contribution < -0.4 is 20.7 Å². The van der Waals surface area contributed by atoms with E-state index in [-0.39, 0.29) is 29.9 Å². The van der Waals surface area contributed by atoms with E-state index in [1.54, 1.807) is 47.8 Å². The van der Waals surface area contributed by atoms with Gasteiger partial charge < -0.3 is 20.7 Å². The zero-order valence-corrected chi connectivity index (χ0v) is 20.2. The number of halogens is 1. The van der Waals surface area contributed by atoms with Gasteiger partial charge in [0.15, 0.2) is 4.34 Å². The van der Waals surface area contributed by atoms with E-state index in [0.29, 0.717) is 37.9 Å². The van der Waals surface area contributed by atoms with E-state index in [2.05, 4.69) is 20.9 Å². The molecule has 0 radical (unpaired) electrons. The molecule has 0 aliphatic heterocycles. The van der Waals surface area contributed by atoms with E-state index in [9.17, 15) is 14.4 Å². The highest BCUT2D eigenvalue weighted by molar-refractivity contribution is 8.01. The lowest BCUT2D eigenvalue weighted by atomic mass is 10.2. The fourth-order valence-electron chi connectivity index (χ4n) is 2.77. The smallest absolute Gasteiger partial charge is 0.234 e. The summed E-state index contributed by atoms with van der Waals surface area (Å²) in [4.78, 5) is 40.2. The van der Waals surface area contributed by atoms with Gasteiger partial charge in [0.05, 0.1) is 30.7 Å². The number of carbonyl (C=O) groups is 3. The van der Waals surface area contributed by atoms with Crippen LogP contribution in [-0.2, 0) is 20.8 Å². The van der Waals surface area contributed by atoms with Crippen LogP contribution in [0.25, 0.3) is 0 Å². The van der Waals surface area contributed by atoms with Gasteiger partial charge in [-0.05, 0) is 36.4 Å². The quantitative estimate of drug-likeness (QED) is 0.365. The average molecular weight is 505 g/mol. The normalized spacial score (nSPS) is 10.4. The summed E-state index contributed by atoms with van der Waals surface area (Å²) in [5.41, 5.74) is 2.27. The van der Waals surface area contributed by atoms with Gasteiger partial charge in [-0.3, -0.25) is 14.4 Å². The Labute approximate surface area is 204 Å². The molecular formula is C22H21ClN4O4S2. The molecule has 0 aliphatic carbocycles. The van der Waals surface area contributed by atoms with Crippen LogP contribution in [0.1, 0.15) is 12.6 Å². The molecular weight excluding hydrogens is 484 g/mol. The summed E-state index contributed by atoms with van der Waals surface area (Å²) in [5.74, 6) is 0.0186. The average Bonchev–Trinajstić information content (AvgIpc) is 3.19. The van der Waals surface area contributed by atoms with E-state index >= 15 is 0 Å². The molecule has 33 heavy (non-hydrogen) atoms. The van der Waals surface area contributed by atoms with E-state index in [4.69, 9.17) is 16.3 Å². The molecule has 8 nitrogen and oxygen atoms in total. The third-order valence-electron chi connectivity index (χ3n) is 4.10. The lowest BCUT2D eigenvalue weighted by molar-refractivity contribution is -0.116. The highest BCUT2D eigenvalue weighted by atomic mass is 35.5. The number of ether oxygens (including phenoxy) is 1. The number of rotatable bonds is 9. The zero-order valence-electron chi connectivity index (χ0n) is 17.8. The number of nitrogens with one attached hydrogen (secondary N) is 3. The van der Waals surface area contributed by atoms with E-state index < -0.39 is 0 Å². The van der Waals surface area contributed by atoms with Crippen molar-refractivity contribution in [3.63, 3.8) is 0 Å². The van der Waals surface area contributed by atoms with Crippen LogP contribution in [0.2, 0.25) is 5.02 Å². The minimum absolute atomic E-state index is 0.0782. The van der Waals surface area contributed by atoms with Crippen molar-refractivity contribution in [1.82, 2.24) is 4.98 Å². The molecule has 0 fully saturated rings. The summed E-state index contributed by atoms with van der Waals surface area (Å²) >= 11 is 8.63. The maximum Gasteiger partial charge on any atom is 0.234 e. The van der Waals surface area contributed by atoms with Crippen LogP contribution in [0.15, 0.2) is 52.2 Å². The number of anilines is 3. The van der Waals surface area contributed by atoms with Crippen LogP contribution in [-0.4, -0.2) is 35.6 Å². The number of thiazole rings is 1. The van der Waals surface area contributed by atoms with Gasteiger partial charge in [-0.1, -0.05) is 29.4 Å². The Balaban J connectivity index is 1.49. The van der Waals surface area contributed by atoms with Crippen molar-refractivity contribution in [1.29, 1.82) is 0 Å². The summed E-state index contributed by atoms with van der Waals surface area (Å²) in [6, 6.07) is 11.9. The predicted octanol–water partition coefficient (Wildman–Crippen LogP) is 4.68. The highest BCUT2D eigenvalue weighted by Gasteiger charge is 2.13. The van der Waals surface area contributed by atoms with Gasteiger partial charge in [0.1, 0.15) is 5.75 Å². The Morgan fingerprint density at radius 3 is 2.55 bits per heavy atom. The summed E-state index contributed by atoms with van der Waals surface area (Å²) in [7, 11) is 1.51. The molecule has 3 rings (SSSR count). The standard InChI is InChI=1S/C22H21ClN4O4S2/c1-13(28)24-15-4-3-5-16(9-15)25-21(30)12-33-22-26-17(11-32-22)10-20(29)27-18-8-14(23)6-7-19(18)31-2/h3-9,11H,10,12H2,1-2H3,(H,24,28)(H,25,30)(H,27,29). The Morgan fingerprint density at radius 2 is 1.82 bits per heavy atom. The summed E-state index contributed by atoms with van der Waals surface area (Å²) in [6.45, 7) is 1.42. The van der Waals surface area contributed by atoms with Gasteiger partial charge >= 0.3 is 0 Å². The summed E-state index contributed by atoms with van der Waals surface area (Å²) < 4.78 is 5.91. The topological polar surface area (TPSA) is 109 Å². The van der Waals surface area contributed by atoms with E-state index in [1.165, 1.54) is 37.1 Å². The highest BCUT2D eigenvalue weighted by Crippen LogP contribution is 2.28. The molecule has 0 atom stereocenters.